The molecule has 1 aliphatic rings. The zero-order chi connectivity index (χ0) is 15.8. The Kier molecular flexibility index (Phi) is 6.77. The van der Waals surface area contributed by atoms with Crippen LogP contribution in [0.2, 0.25) is 0 Å². The summed E-state index contributed by atoms with van der Waals surface area (Å²) in [5.41, 5.74) is 1.25. The van der Waals surface area contributed by atoms with Crippen molar-refractivity contribution in [2.24, 2.45) is 18.0 Å². The Bertz CT molecular complexity index is 463. The van der Waals surface area contributed by atoms with E-state index in [9.17, 15) is 0 Å². The van der Waals surface area contributed by atoms with E-state index in [4.69, 9.17) is 9.73 Å². The maximum atomic E-state index is 5.43. The molecule has 1 fully saturated rings. The topological polar surface area (TPSA) is 41.8 Å². The quantitative estimate of drug-likeness (QED) is 0.647. The third-order valence-corrected chi connectivity index (χ3v) is 4.21. The highest BCUT2D eigenvalue weighted by atomic mass is 16.5. The highest BCUT2D eigenvalue weighted by Crippen LogP contribution is 2.18. The van der Waals surface area contributed by atoms with Crippen molar-refractivity contribution in [1.29, 1.82) is 0 Å². The van der Waals surface area contributed by atoms with Gasteiger partial charge in [-0.05, 0) is 43.7 Å². The van der Waals surface area contributed by atoms with E-state index in [2.05, 4.69) is 47.2 Å². The summed E-state index contributed by atoms with van der Waals surface area (Å²) in [5, 5.41) is 3.39. The number of nitrogens with zero attached hydrogens (tertiary/aromatic N) is 3. The number of guanidine groups is 1. The van der Waals surface area contributed by atoms with E-state index in [-0.39, 0.29) is 0 Å². The van der Waals surface area contributed by atoms with Gasteiger partial charge in [-0.1, -0.05) is 0 Å². The Morgan fingerprint density at radius 2 is 2.23 bits per heavy atom. The van der Waals surface area contributed by atoms with E-state index in [0.29, 0.717) is 0 Å². The van der Waals surface area contributed by atoms with Crippen LogP contribution in [0.25, 0.3) is 0 Å². The summed E-state index contributed by atoms with van der Waals surface area (Å²) in [4.78, 5) is 7.01. The Balaban J connectivity index is 1.84. The molecule has 1 saturated heterocycles. The van der Waals surface area contributed by atoms with Gasteiger partial charge in [-0.25, -0.2) is 4.99 Å². The van der Waals surface area contributed by atoms with Crippen LogP contribution in [0.5, 0.6) is 0 Å². The van der Waals surface area contributed by atoms with Crippen LogP contribution in [0, 0.1) is 5.92 Å². The number of aryl methyl sites for hydroxylation is 1. The standard InChI is InChI=1S/C17H30N4O/c1-4-18-17(19-13-16-5-9-20(2)14-16)21(3)10-6-15-7-11-22-12-8-15/h5,9,14-15H,4,6-8,10-13H2,1-3H3,(H,18,19). The van der Waals surface area contributed by atoms with Gasteiger partial charge < -0.3 is 19.5 Å². The normalized spacial score (nSPS) is 16.8. The molecular formula is C17H30N4O. The third kappa shape index (κ3) is 5.37. The molecule has 0 amide bonds. The molecule has 22 heavy (non-hydrogen) atoms. The molecule has 0 spiro atoms. The monoisotopic (exact) mass is 306 g/mol. The van der Waals surface area contributed by atoms with Crippen molar-refractivity contribution in [3.8, 4) is 0 Å². The van der Waals surface area contributed by atoms with Crippen molar-refractivity contribution in [2.45, 2.75) is 32.7 Å². The van der Waals surface area contributed by atoms with Gasteiger partial charge in [-0.15, -0.1) is 0 Å². The average molecular weight is 306 g/mol. The Morgan fingerprint density at radius 3 is 2.86 bits per heavy atom. The minimum absolute atomic E-state index is 0.727. The van der Waals surface area contributed by atoms with Crippen molar-refractivity contribution < 1.29 is 4.74 Å². The first-order valence-electron chi connectivity index (χ1n) is 8.37. The predicted octanol–water partition coefficient (Wildman–Crippen LogP) is 2.24. The van der Waals surface area contributed by atoms with Crippen LogP contribution in [-0.2, 0) is 18.3 Å². The minimum Gasteiger partial charge on any atom is -0.381 e. The number of nitrogens with one attached hydrogen (secondary N) is 1. The molecule has 0 saturated carbocycles. The van der Waals surface area contributed by atoms with Crippen LogP contribution in [0.3, 0.4) is 0 Å². The van der Waals surface area contributed by atoms with E-state index in [1.165, 1.54) is 24.8 Å². The van der Waals surface area contributed by atoms with Crippen LogP contribution in [0.4, 0.5) is 0 Å². The predicted molar refractivity (Wildman–Crippen MR) is 91.0 cm³/mol. The van der Waals surface area contributed by atoms with E-state index in [1.807, 2.05) is 7.05 Å². The minimum atomic E-state index is 0.727. The molecule has 0 aliphatic carbocycles. The van der Waals surface area contributed by atoms with Crippen LogP contribution in [-0.4, -0.2) is 48.8 Å². The number of rotatable bonds is 6. The number of aromatic nitrogens is 1. The number of ether oxygens (including phenoxy) is 1. The van der Waals surface area contributed by atoms with Crippen LogP contribution < -0.4 is 5.32 Å². The first kappa shape index (κ1) is 16.9. The second-order valence-electron chi connectivity index (χ2n) is 6.12. The number of hydrogen-bond donors (Lipinski definition) is 1. The summed E-state index contributed by atoms with van der Waals surface area (Å²) in [6.07, 6.45) is 7.80. The average Bonchev–Trinajstić information content (AvgIpc) is 2.95. The molecule has 0 atom stereocenters. The SMILES string of the molecule is CCNC(=NCc1ccn(C)c1)N(C)CCC1CCOCC1. The summed E-state index contributed by atoms with van der Waals surface area (Å²) in [6.45, 7) is 6.64. The molecule has 2 heterocycles. The fraction of sp³-hybridized carbons (Fsp3) is 0.706. The zero-order valence-corrected chi connectivity index (χ0v) is 14.2. The molecule has 0 aromatic carbocycles. The maximum Gasteiger partial charge on any atom is 0.193 e. The lowest BCUT2D eigenvalue weighted by Gasteiger charge is -2.26. The molecule has 0 unspecified atom stereocenters. The van der Waals surface area contributed by atoms with Crippen molar-refractivity contribution in [3.63, 3.8) is 0 Å². The lowest BCUT2D eigenvalue weighted by molar-refractivity contribution is 0.0625. The second-order valence-corrected chi connectivity index (χ2v) is 6.12. The molecule has 1 N–H and O–H groups in total. The van der Waals surface area contributed by atoms with Gasteiger partial charge >= 0.3 is 0 Å². The fourth-order valence-electron chi connectivity index (χ4n) is 2.81. The van der Waals surface area contributed by atoms with Crippen molar-refractivity contribution in [1.82, 2.24) is 14.8 Å². The van der Waals surface area contributed by atoms with E-state index in [1.54, 1.807) is 0 Å². The number of aliphatic imine (C=N–C) groups is 1. The van der Waals surface area contributed by atoms with Gasteiger partial charge in [0, 0.05) is 52.8 Å². The number of hydrogen-bond acceptors (Lipinski definition) is 2. The van der Waals surface area contributed by atoms with Gasteiger partial charge in [0.1, 0.15) is 0 Å². The van der Waals surface area contributed by atoms with Gasteiger partial charge in [0.25, 0.3) is 0 Å². The van der Waals surface area contributed by atoms with Crippen molar-refractivity contribution >= 4 is 5.96 Å². The van der Waals surface area contributed by atoms with Crippen LogP contribution in [0.15, 0.2) is 23.5 Å². The Labute approximate surface area is 134 Å². The lowest BCUT2D eigenvalue weighted by atomic mass is 9.96. The molecule has 1 aromatic rings. The Morgan fingerprint density at radius 1 is 1.45 bits per heavy atom. The zero-order valence-electron chi connectivity index (χ0n) is 14.2. The molecule has 2 rings (SSSR count). The van der Waals surface area contributed by atoms with Crippen LogP contribution >= 0.6 is 0 Å². The van der Waals surface area contributed by atoms with E-state index >= 15 is 0 Å². The molecule has 1 aliphatic heterocycles. The molecule has 0 bridgehead atoms. The molecule has 1 aromatic heterocycles. The smallest absolute Gasteiger partial charge is 0.193 e. The maximum absolute atomic E-state index is 5.43. The van der Waals surface area contributed by atoms with Gasteiger partial charge in [0.15, 0.2) is 5.96 Å². The third-order valence-electron chi connectivity index (χ3n) is 4.21. The highest BCUT2D eigenvalue weighted by molar-refractivity contribution is 5.79. The van der Waals surface area contributed by atoms with Gasteiger partial charge in [-0.2, -0.15) is 0 Å². The largest absolute Gasteiger partial charge is 0.381 e. The molecule has 5 nitrogen and oxygen atoms in total. The molecule has 0 radical (unpaired) electrons. The van der Waals surface area contributed by atoms with Crippen molar-refractivity contribution in [3.05, 3.63) is 24.0 Å². The first-order valence-corrected chi connectivity index (χ1v) is 8.37. The van der Waals surface area contributed by atoms with Gasteiger partial charge in [0.2, 0.25) is 0 Å². The summed E-state index contributed by atoms with van der Waals surface area (Å²) in [5.74, 6) is 1.80. The summed E-state index contributed by atoms with van der Waals surface area (Å²) in [6, 6.07) is 2.12. The molecular weight excluding hydrogens is 276 g/mol. The van der Waals surface area contributed by atoms with Gasteiger partial charge in [0.05, 0.1) is 6.54 Å². The van der Waals surface area contributed by atoms with E-state index < -0.39 is 0 Å². The highest BCUT2D eigenvalue weighted by Gasteiger charge is 2.15. The Hall–Kier alpha value is -1.49. The summed E-state index contributed by atoms with van der Waals surface area (Å²) < 4.78 is 7.49. The lowest BCUT2D eigenvalue weighted by Crippen LogP contribution is -2.40. The molecule has 124 valence electrons. The van der Waals surface area contributed by atoms with Crippen LogP contribution in [0.1, 0.15) is 31.7 Å². The summed E-state index contributed by atoms with van der Waals surface area (Å²) >= 11 is 0. The summed E-state index contributed by atoms with van der Waals surface area (Å²) in [7, 11) is 4.17. The second kappa shape index (κ2) is 8.83. The fourth-order valence-corrected chi connectivity index (χ4v) is 2.81. The molecule has 5 heteroatoms. The van der Waals surface area contributed by atoms with E-state index in [0.717, 1.165) is 44.7 Å². The van der Waals surface area contributed by atoms with Gasteiger partial charge in [-0.3, -0.25) is 0 Å². The first-order chi connectivity index (χ1) is 10.7. The van der Waals surface area contributed by atoms with Crippen molar-refractivity contribution in [2.75, 3.05) is 33.4 Å².